The van der Waals surface area contributed by atoms with Gasteiger partial charge in [-0.15, -0.1) is 5.10 Å². The van der Waals surface area contributed by atoms with E-state index in [1.807, 2.05) is 0 Å². The predicted octanol–water partition coefficient (Wildman–Crippen LogP) is 2.35. The first kappa shape index (κ1) is 23.5. The Kier molecular flexibility index (Phi) is 6.49. The highest BCUT2D eigenvalue weighted by molar-refractivity contribution is 5.94. The van der Waals surface area contributed by atoms with Gasteiger partial charge in [0.1, 0.15) is 17.5 Å². The Labute approximate surface area is 199 Å². The van der Waals surface area contributed by atoms with E-state index in [1.165, 1.54) is 32.5 Å². The summed E-state index contributed by atoms with van der Waals surface area (Å²) in [6.07, 6.45) is 1.77. The third-order valence-electron chi connectivity index (χ3n) is 5.57. The number of rotatable bonds is 8. The Bertz CT molecular complexity index is 1430. The Hall–Kier alpha value is -4.67. The summed E-state index contributed by atoms with van der Waals surface area (Å²) in [5.41, 5.74) is 12.8. The van der Waals surface area contributed by atoms with Crippen LogP contribution in [0.5, 0.6) is 11.5 Å². The number of ether oxygens (including phenoxy) is 2. The van der Waals surface area contributed by atoms with E-state index in [2.05, 4.69) is 15.1 Å². The van der Waals surface area contributed by atoms with E-state index < -0.39 is 17.4 Å². The Balaban J connectivity index is 1.84. The van der Waals surface area contributed by atoms with Crippen LogP contribution in [0.2, 0.25) is 0 Å². The van der Waals surface area contributed by atoms with E-state index in [0.29, 0.717) is 11.3 Å². The lowest BCUT2D eigenvalue weighted by Gasteiger charge is -2.18. The summed E-state index contributed by atoms with van der Waals surface area (Å²) in [5.74, 6) is -0.387. The largest absolute Gasteiger partial charge is 0.493 e. The molecule has 0 aliphatic heterocycles. The highest BCUT2D eigenvalue weighted by Gasteiger charge is 2.26. The van der Waals surface area contributed by atoms with Gasteiger partial charge in [0.2, 0.25) is 0 Å². The second kappa shape index (κ2) is 9.67. The van der Waals surface area contributed by atoms with Crippen LogP contribution in [-0.4, -0.2) is 39.8 Å². The van der Waals surface area contributed by atoms with Crippen molar-refractivity contribution in [3.8, 4) is 17.3 Å². The first-order chi connectivity index (χ1) is 16.8. The molecular formula is C24H24FN7O3. The maximum Gasteiger partial charge on any atom is 0.349 e. The summed E-state index contributed by atoms with van der Waals surface area (Å²) < 4.78 is 26.9. The van der Waals surface area contributed by atoms with Crippen molar-refractivity contribution in [2.45, 2.75) is 12.3 Å². The predicted molar refractivity (Wildman–Crippen MR) is 129 cm³/mol. The highest BCUT2D eigenvalue weighted by atomic mass is 19.1. The molecule has 0 bridgehead atoms. The van der Waals surface area contributed by atoms with Crippen LogP contribution in [0, 0.1) is 11.2 Å². The zero-order valence-electron chi connectivity index (χ0n) is 19.1. The van der Waals surface area contributed by atoms with Crippen LogP contribution in [0.4, 0.5) is 10.1 Å². The number of aromatic amines is 1. The zero-order valence-corrected chi connectivity index (χ0v) is 19.1. The van der Waals surface area contributed by atoms with Gasteiger partial charge in [-0.25, -0.2) is 14.2 Å². The Morgan fingerprint density at radius 2 is 1.86 bits per heavy atom. The maximum atomic E-state index is 15.3. The molecule has 0 aliphatic carbocycles. The summed E-state index contributed by atoms with van der Waals surface area (Å²) in [7, 11) is 2.87. The number of anilines is 1. The van der Waals surface area contributed by atoms with Crippen molar-refractivity contribution in [1.29, 1.82) is 5.41 Å². The molecule has 0 saturated heterocycles. The fourth-order valence-corrected chi connectivity index (χ4v) is 3.77. The number of H-pyrrole nitrogens is 1. The topological polar surface area (TPSA) is 158 Å². The molecule has 0 radical (unpaired) electrons. The molecule has 4 rings (SSSR count). The van der Waals surface area contributed by atoms with Gasteiger partial charge in [-0.3, -0.25) is 10.4 Å². The second-order valence-corrected chi connectivity index (χ2v) is 7.74. The van der Waals surface area contributed by atoms with Crippen LogP contribution >= 0.6 is 0 Å². The number of methoxy groups -OCH3 is 2. The van der Waals surface area contributed by atoms with Crippen molar-refractivity contribution in [1.82, 2.24) is 19.7 Å². The third-order valence-corrected chi connectivity index (χ3v) is 5.57. The van der Waals surface area contributed by atoms with Crippen molar-refractivity contribution >= 4 is 11.5 Å². The molecule has 1 unspecified atom stereocenters. The van der Waals surface area contributed by atoms with Crippen LogP contribution in [0.1, 0.15) is 28.4 Å². The lowest BCUT2D eigenvalue weighted by atomic mass is 9.90. The molecule has 11 heteroatoms. The van der Waals surface area contributed by atoms with Crippen molar-refractivity contribution in [2.24, 2.45) is 5.73 Å². The van der Waals surface area contributed by atoms with Gasteiger partial charge in [0.05, 0.1) is 25.8 Å². The quantitative estimate of drug-likeness (QED) is 0.224. The standard InChI is InChI=1S/C24H24FN7O3/c1-34-19-11-15(17(25)12-20(19)35-2)16(10-13-5-7-14(8-6-13)21(27)28)22-30-24(33)32(31-22)23-18(26)4-3-9-29-23/h3-9,11-12,16H,10,26H2,1-2H3,(H3,27,28)(H,30,31,33). The molecule has 2 aromatic carbocycles. The van der Waals surface area contributed by atoms with Gasteiger partial charge >= 0.3 is 5.69 Å². The fourth-order valence-electron chi connectivity index (χ4n) is 3.77. The normalized spacial score (nSPS) is 11.7. The number of halogens is 1. The summed E-state index contributed by atoms with van der Waals surface area (Å²) in [5, 5.41) is 12.0. The number of aromatic nitrogens is 4. The molecule has 0 fully saturated rings. The van der Waals surface area contributed by atoms with Crippen LogP contribution in [0.15, 0.2) is 59.5 Å². The van der Waals surface area contributed by atoms with E-state index in [4.69, 9.17) is 26.4 Å². The summed E-state index contributed by atoms with van der Waals surface area (Å²) in [6, 6.07) is 13.0. The molecule has 0 saturated carbocycles. The van der Waals surface area contributed by atoms with Gasteiger partial charge in [-0.1, -0.05) is 24.3 Å². The number of hydrogen-bond donors (Lipinski definition) is 4. The lowest BCUT2D eigenvalue weighted by molar-refractivity contribution is 0.351. The minimum absolute atomic E-state index is 0.0601. The van der Waals surface area contributed by atoms with Crippen LogP contribution < -0.4 is 26.6 Å². The Morgan fingerprint density at radius 3 is 2.49 bits per heavy atom. The van der Waals surface area contributed by atoms with Crippen molar-refractivity contribution in [2.75, 3.05) is 20.0 Å². The van der Waals surface area contributed by atoms with E-state index in [1.54, 1.807) is 36.4 Å². The first-order valence-corrected chi connectivity index (χ1v) is 10.6. The summed E-state index contributed by atoms with van der Waals surface area (Å²) >= 11 is 0. The molecule has 6 N–H and O–H groups in total. The van der Waals surface area contributed by atoms with E-state index >= 15 is 4.39 Å². The fraction of sp³-hybridized carbons (Fsp3) is 0.167. The first-order valence-electron chi connectivity index (χ1n) is 10.6. The minimum Gasteiger partial charge on any atom is -0.493 e. The minimum atomic E-state index is -0.711. The molecule has 35 heavy (non-hydrogen) atoms. The molecule has 180 valence electrons. The Morgan fingerprint density at radius 1 is 1.17 bits per heavy atom. The average molecular weight is 478 g/mol. The third kappa shape index (κ3) is 4.69. The van der Waals surface area contributed by atoms with Gasteiger partial charge in [0.25, 0.3) is 0 Å². The average Bonchev–Trinajstić information content (AvgIpc) is 3.24. The summed E-state index contributed by atoms with van der Waals surface area (Å²) in [6.45, 7) is 0. The maximum absolute atomic E-state index is 15.3. The molecule has 0 amide bonds. The molecule has 2 aromatic heterocycles. The molecule has 0 aliphatic rings. The zero-order chi connectivity index (χ0) is 25.1. The van der Waals surface area contributed by atoms with Gasteiger partial charge in [-0.2, -0.15) is 4.68 Å². The number of nitrogens with one attached hydrogen (secondary N) is 2. The van der Waals surface area contributed by atoms with Gasteiger partial charge in [0, 0.05) is 23.4 Å². The van der Waals surface area contributed by atoms with Crippen LogP contribution in [0.25, 0.3) is 5.82 Å². The number of hydrogen-bond acceptors (Lipinski definition) is 7. The van der Waals surface area contributed by atoms with E-state index in [-0.39, 0.29) is 40.9 Å². The monoisotopic (exact) mass is 477 g/mol. The number of benzene rings is 2. The van der Waals surface area contributed by atoms with E-state index in [0.717, 1.165) is 10.2 Å². The lowest BCUT2D eigenvalue weighted by Crippen LogP contribution is -2.18. The number of nitrogens with zero attached hydrogens (tertiary/aromatic N) is 3. The smallest absolute Gasteiger partial charge is 0.349 e. The number of nitrogen functional groups attached to an aromatic ring is 2. The summed E-state index contributed by atoms with van der Waals surface area (Å²) in [4.78, 5) is 19.6. The van der Waals surface area contributed by atoms with Crippen molar-refractivity contribution in [3.63, 3.8) is 0 Å². The number of nitrogens with two attached hydrogens (primary N) is 2. The van der Waals surface area contributed by atoms with Crippen molar-refractivity contribution < 1.29 is 13.9 Å². The molecule has 4 aromatic rings. The molecule has 10 nitrogen and oxygen atoms in total. The van der Waals surface area contributed by atoms with Crippen LogP contribution in [0.3, 0.4) is 0 Å². The van der Waals surface area contributed by atoms with Gasteiger partial charge in [0.15, 0.2) is 17.3 Å². The van der Waals surface area contributed by atoms with Gasteiger partial charge in [-0.05, 0) is 30.2 Å². The number of amidine groups is 1. The van der Waals surface area contributed by atoms with Gasteiger partial charge < -0.3 is 20.9 Å². The van der Waals surface area contributed by atoms with E-state index in [9.17, 15) is 4.79 Å². The number of pyridine rings is 1. The molecule has 1 atom stereocenters. The SMILES string of the molecule is COc1cc(F)c(C(Cc2ccc(C(=N)N)cc2)c2nn(-c3ncccc3N)c(=O)[nH]2)cc1OC. The van der Waals surface area contributed by atoms with Crippen molar-refractivity contribution in [3.05, 3.63) is 93.5 Å². The van der Waals surface area contributed by atoms with Crippen LogP contribution in [-0.2, 0) is 6.42 Å². The molecule has 2 heterocycles. The second-order valence-electron chi connectivity index (χ2n) is 7.74. The highest BCUT2D eigenvalue weighted by Crippen LogP contribution is 2.36. The molecular weight excluding hydrogens is 453 g/mol. The molecule has 0 spiro atoms.